The van der Waals surface area contributed by atoms with E-state index in [1.54, 1.807) is 6.92 Å². The summed E-state index contributed by atoms with van der Waals surface area (Å²) >= 11 is 0. The van der Waals surface area contributed by atoms with Crippen LogP contribution in [0.1, 0.15) is 6.92 Å². The van der Waals surface area contributed by atoms with Crippen molar-refractivity contribution in [3.05, 3.63) is 53.7 Å². The second-order valence-corrected chi connectivity index (χ2v) is 3.97. The maximum absolute atomic E-state index is 11.9. The summed E-state index contributed by atoms with van der Waals surface area (Å²) in [5, 5.41) is 0.371. The molecule has 6 heteroatoms. The predicted molar refractivity (Wildman–Crippen MR) is 64.8 cm³/mol. The maximum atomic E-state index is 11.9. The Morgan fingerprint density at radius 2 is 1.33 bits per heavy atom. The lowest BCUT2D eigenvalue weighted by molar-refractivity contribution is 0.500. The number of aromatic nitrogens is 1. The van der Waals surface area contributed by atoms with Gasteiger partial charge in [-0.2, -0.15) is 0 Å². The summed E-state index contributed by atoms with van der Waals surface area (Å²) in [7, 11) is 0. The molecule has 6 nitrogen and oxygen atoms in total. The van der Waals surface area contributed by atoms with E-state index in [4.69, 9.17) is 0 Å². The molecule has 90 valence electrons. The number of nitrogens with zero attached hydrogens (tertiary/aromatic N) is 1. The lowest BCUT2D eigenvalue weighted by Gasteiger charge is -1.88. The van der Waals surface area contributed by atoms with E-state index in [2.05, 4.69) is 4.42 Å². The second-order valence-electron chi connectivity index (χ2n) is 3.97. The molecule has 0 aliphatic heterocycles. The fraction of sp³-hybridized carbons (Fsp3) is 0.167. The maximum Gasteiger partial charge on any atom is 0.346 e. The number of hydrogen-bond donors (Lipinski definition) is 0. The first-order valence-electron chi connectivity index (χ1n) is 5.35. The lowest BCUT2D eigenvalue weighted by Crippen LogP contribution is -2.24. The molecule has 3 aromatic rings. The quantitative estimate of drug-likeness (QED) is 0.588. The van der Waals surface area contributed by atoms with Crippen molar-refractivity contribution in [2.45, 2.75) is 13.5 Å². The number of furan rings is 1. The molecule has 0 bridgehead atoms. The van der Waals surface area contributed by atoms with E-state index in [1.165, 1.54) is 12.1 Å². The molecular formula is C12H7NO5. The van der Waals surface area contributed by atoms with E-state index in [-0.39, 0.29) is 28.1 Å². The zero-order chi connectivity index (χ0) is 13.0. The highest BCUT2D eigenvalue weighted by molar-refractivity contribution is 5.97. The van der Waals surface area contributed by atoms with Gasteiger partial charge < -0.3 is 4.42 Å². The van der Waals surface area contributed by atoms with Crippen molar-refractivity contribution >= 4 is 21.5 Å². The van der Waals surface area contributed by atoms with Gasteiger partial charge in [0, 0.05) is 6.54 Å². The number of rotatable bonds is 1. The number of hydrogen-bond acceptors (Lipinski definition) is 5. The minimum Gasteiger partial charge on any atom is -0.386 e. The smallest absolute Gasteiger partial charge is 0.346 e. The zero-order valence-corrected chi connectivity index (χ0v) is 9.35. The average Bonchev–Trinajstić information content (AvgIpc) is 2.75. The molecule has 0 aliphatic carbocycles. The molecule has 0 aliphatic rings. The third-order valence-corrected chi connectivity index (χ3v) is 3.05. The number of fused-ring (bicyclic) bond motifs is 2. The van der Waals surface area contributed by atoms with E-state index in [1.807, 2.05) is 0 Å². The first-order chi connectivity index (χ1) is 8.54. The SMILES string of the molecule is CCn1c(=O)c2cc3c(=O)oc(=O)c3cc2c1=O. The Labute approximate surface area is 98.4 Å². The Balaban J connectivity index is 2.70. The highest BCUT2D eigenvalue weighted by Crippen LogP contribution is 2.13. The summed E-state index contributed by atoms with van der Waals surface area (Å²) in [6.45, 7) is 1.92. The molecule has 2 heterocycles. The monoisotopic (exact) mass is 245 g/mol. The minimum absolute atomic E-state index is 0.0397. The third-order valence-electron chi connectivity index (χ3n) is 3.05. The largest absolute Gasteiger partial charge is 0.386 e. The topological polar surface area (TPSA) is 86.3 Å². The van der Waals surface area contributed by atoms with Crippen molar-refractivity contribution in [2.75, 3.05) is 0 Å². The molecule has 2 aromatic heterocycles. The average molecular weight is 245 g/mol. The van der Waals surface area contributed by atoms with E-state index in [0.29, 0.717) is 0 Å². The van der Waals surface area contributed by atoms with Gasteiger partial charge in [-0.3, -0.25) is 14.2 Å². The Morgan fingerprint density at radius 3 is 1.72 bits per heavy atom. The first kappa shape index (κ1) is 10.6. The molecule has 0 radical (unpaired) electrons. The van der Waals surface area contributed by atoms with Crippen molar-refractivity contribution in [2.24, 2.45) is 0 Å². The van der Waals surface area contributed by atoms with Gasteiger partial charge in [-0.25, -0.2) is 9.59 Å². The number of benzene rings is 1. The van der Waals surface area contributed by atoms with Gasteiger partial charge in [-0.05, 0) is 19.1 Å². The molecule has 0 atom stereocenters. The van der Waals surface area contributed by atoms with Gasteiger partial charge in [0.1, 0.15) is 0 Å². The summed E-state index contributed by atoms with van der Waals surface area (Å²) in [6.07, 6.45) is 0. The van der Waals surface area contributed by atoms with Gasteiger partial charge in [-0.15, -0.1) is 0 Å². The van der Waals surface area contributed by atoms with Crippen LogP contribution in [0.25, 0.3) is 21.5 Å². The van der Waals surface area contributed by atoms with Crippen molar-refractivity contribution < 1.29 is 4.42 Å². The van der Waals surface area contributed by atoms with Crippen molar-refractivity contribution in [3.8, 4) is 0 Å². The van der Waals surface area contributed by atoms with Crippen LogP contribution in [0.2, 0.25) is 0 Å². The summed E-state index contributed by atoms with van der Waals surface area (Å²) in [6, 6.07) is 2.52. The van der Waals surface area contributed by atoms with Crippen LogP contribution in [-0.2, 0) is 6.54 Å². The van der Waals surface area contributed by atoms with Crippen LogP contribution in [0, 0.1) is 0 Å². The summed E-state index contributed by atoms with van der Waals surface area (Å²) in [4.78, 5) is 46.5. The van der Waals surface area contributed by atoms with Crippen LogP contribution in [-0.4, -0.2) is 4.57 Å². The first-order valence-corrected chi connectivity index (χ1v) is 5.35. The van der Waals surface area contributed by atoms with Crippen LogP contribution < -0.4 is 22.4 Å². The van der Waals surface area contributed by atoms with Crippen molar-refractivity contribution in [3.63, 3.8) is 0 Å². The summed E-state index contributed by atoms with van der Waals surface area (Å²) in [5.41, 5.74) is -2.47. The fourth-order valence-corrected chi connectivity index (χ4v) is 2.16. The second kappa shape index (κ2) is 3.25. The summed E-state index contributed by atoms with van der Waals surface area (Å²) in [5.74, 6) is 0. The molecule has 18 heavy (non-hydrogen) atoms. The Bertz CT molecular complexity index is 906. The van der Waals surface area contributed by atoms with Crippen LogP contribution in [0.5, 0.6) is 0 Å². The van der Waals surface area contributed by atoms with Crippen LogP contribution in [0.3, 0.4) is 0 Å². The summed E-state index contributed by atoms with van der Waals surface area (Å²) < 4.78 is 5.48. The van der Waals surface area contributed by atoms with Crippen molar-refractivity contribution in [1.82, 2.24) is 4.57 Å². The molecule has 0 saturated heterocycles. The van der Waals surface area contributed by atoms with E-state index in [0.717, 1.165) is 4.57 Å². The Hall–Kier alpha value is -2.50. The normalized spacial score (nSPS) is 11.6. The molecule has 0 N–H and O–H groups in total. The Kier molecular flexibility index (Phi) is 1.92. The third kappa shape index (κ3) is 1.11. The standard InChI is InChI=1S/C12H7NO5/c1-2-13-9(14)5-3-7-8(4-6(5)10(13)15)12(17)18-11(7)16/h3-4H,2H2,1H3. The van der Waals surface area contributed by atoms with Gasteiger partial charge in [0.05, 0.1) is 21.5 Å². The molecule has 3 rings (SSSR count). The molecule has 0 unspecified atom stereocenters. The van der Waals surface area contributed by atoms with E-state index < -0.39 is 22.4 Å². The van der Waals surface area contributed by atoms with Gasteiger partial charge in [0.2, 0.25) is 0 Å². The highest BCUT2D eigenvalue weighted by atomic mass is 16.4. The molecule has 0 spiro atoms. The van der Waals surface area contributed by atoms with Crippen LogP contribution >= 0.6 is 0 Å². The molecule has 0 amide bonds. The molecule has 0 fully saturated rings. The Morgan fingerprint density at radius 1 is 0.889 bits per heavy atom. The van der Waals surface area contributed by atoms with Gasteiger partial charge in [0.25, 0.3) is 11.1 Å². The highest BCUT2D eigenvalue weighted by Gasteiger charge is 2.16. The zero-order valence-electron chi connectivity index (χ0n) is 9.35. The van der Waals surface area contributed by atoms with Crippen molar-refractivity contribution in [1.29, 1.82) is 0 Å². The molecule has 0 saturated carbocycles. The van der Waals surface area contributed by atoms with Gasteiger partial charge in [-0.1, -0.05) is 0 Å². The minimum atomic E-state index is -0.784. The van der Waals surface area contributed by atoms with Gasteiger partial charge in [0.15, 0.2) is 0 Å². The molecule has 1 aromatic carbocycles. The van der Waals surface area contributed by atoms with E-state index in [9.17, 15) is 19.2 Å². The predicted octanol–water partition coefficient (Wildman–Crippen LogP) is -0.276. The lowest BCUT2D eigenvalue weighted by atomic mass is 10.1. The fourth-order valence-electron chi connectivity index (χ4n) is 2.16. The van der Waals surface area contributed by atoms with Gasteiger partial charge >= 0.3 is 11.3 Å². The van der Waals surface area contributed by atoms with E-state index >= 15 is 0 Å². The molecular weight excluding hydrogens is 238 g/mol. The van der Waals surface area contributed by atoms with Crippen LogP contribution in [0.4, 0.5) is 0 Å². The van der Waals surface area contributed by atoms with Crippen LogP contribution in [0.15, 0.2) is 35.7 Å².